The molecule has 0 aromatic heterocycles. The summed E-state index contributed by atoms with van der Waals surface area (Å²) in [6.07, 6.45) is 2.41. The molecule has 39 heavy (non-hydrogen) atoms. The van der Waals surface area contributed by atoms with Crippen molar-refractivity contribution in [1.82, 2.24) is 5.43 Å². The molecule has 0 aliphatic carbocycles. The number of ether oxygens (including phenoxy) is 2. The quantitative estimate of drug-likeness (QED) is 0.260. The Morgan fingerprint density at radius 1 is 0.974 bits per heavy atom. The summed E-state index contributed by atoms with van der Waals surface area (Å²) in [6, 6.07) is 17.2. The van der Waals surface area contributed by atoms with Gasteiger partial charge in [-0.1, -0.05) is 0 Å². The molecule has 2 amide bonds. The Kier molecular flexibility index (Phi) is 9.98. The van der Waals surface area contributed by atoms with Crippen LogP contribution in [0.5, 0.6) is 11.5 Å². The molecule has 1 atom stereocenters. The van der Waals surface area contributed by atoms with E-state index < -0.39 is 33.7 Å². The molecule has 206 valence electrons. The van der Waals surface area contributed by atoms with Gasteiger partial charge in [-0.2, -0.15) is 5.10 Å². The molecule has 10 nitrogen and oxygen atoms in total. The average Bonchev–Trinajstić information content (AvgIpc) is 2.90. The molecule has 0 saturated heterocycles. The van der Waals surface area contributed by atoms with E-state index in [1.807, 2.05) is 6.92 Å². The van der Waals surface area contributed by atoms with E-state index in [4.69, 9.17) is 9.47 Å². The van der Waals surface area contributed by atoms with Gasteiger partial charge in [0.25, 0.3) is 11.8 Å². The minimum atomic E-state index is -3.78. The van der Waals surface area contributed by atoms with Crippen molar-refractivity contribution in [3.63, 3.8) is 0 Å². The smallest absolute Gasteiger partial charge is 0.263 e. The van der Waals surface area contributed by atoms with E-state index in [9.17, 15) is 22.4 Å². The number of nitrogens with one attached hydrogen (secondary N) is 2. The average molecular weight is 557 g/mol. The van der Waals surface area contributed by atoms with E-state index in [1.165, 1.54) is 37.4 Å². The Hall–Kier alpha value is -4.45. The summed E-state index contributed by atoms with van der Waals surface area (Å²) in [4.78, 5) is 24.7. The lowest BCUT2D eigenvalue weighted by atomic mass is 10.2. The van der Waals surface area contributed by atoms with Crippen LogP contribution in [0.15, 0.2) is 77.9 Å². The SMILES string of the molecule is CCOc1ccc(N(C(C)C(=O)N/N=C/c2ccc(OCC(=O)Nc3ccc(F)cc3)cc2)S(C)(=O)=O)cc1. The van der Waals surface area contributed by atoms with Crippen LogP contribution in [0.3, 0.4) is 0 Å². The molecule has 0 radical (unpaired) electrons. The standard InChI is InChI=1S/C27H29FN4O6S/c1-4-37-24-15-11-23(12-16-24)32(39(3,35)36)19(2)27(34)31-29-17-20-5-13-25(14-6-20)38-18-26(33)30-22-9-7-21(28)8-10-22/h5-17,19H,4,18H2,1-3H3,(H,30,33)(H,31,34)/b29-17+. The Morgan fingerprint density at radius 3 is 2.15 bits per heavy atom. The van der Waals surface area contributed by atoms with Crippen LogP contribution in [-0.2, 0) is 19.6 Å². The zero-order valence-electron chi connectivity index (χ0n) is 21.6. The van der Waals surface area contributed by atoms with Gasteiger partial charge in [-0.25, -0.2) is 18.2 Å². The van der Waals surface area contributed by atoms with Crippen LogP contribution in [0.4, 0.5) is 15.8 Å². The first-order valence-electron chi connectivity index (χ1n) is 11.9. The molecule has 3 aromatic rings. The van der Waals surface area contributed by atoms with Crippen LogP contribution in [-0.4, -0.2) is 52.0 Å². The molecular weight excluding hydrogens is 527 g/mol. The van der Waals surface area contributed by atoms with Crippen molar-refractivity contribution in [3.05, 3.63) is 84.2 Å². The minimum Gasteiger partial charge on any atom is -0.494 e. The summed E-state index contributed by atoms with van der Waals surface area (Å²) in [7, 11) is -3.78. The topological polar surface area (TPSA) is 126 Å². The molecule has 12 heteroatoms. The van der Waals surface area contributed by atoms with Crippen LogP contribution in [0, 0.1) is 5.82 Å². The Balaban J connectivity index is 1.53. The normalized spacial score (nSPS) is 12.0. The number of amides is 2. The number of benzene rings is 3. The monoisotopic (exact) mass is 556 g/mol. The molecule has 0 spiro atoms. The number of carbonyl (C=O) groups excluding carboxylic acids is 2. The highest BCUT2D eigenvalue weighted by molar-refractivity contribution is 7.92. The highest BCUT2D eigenvalue weighted by Gasteiger charge is 2.29. The zero-order valence-corrected chi connectivity index (χ0v) is 22.4. The first kappa shape index (κ1) is 29.1. The predicted octanol–water partition coefficient (Wildman–Crippen LogP) is 3.55. The Morgan fingerprint density at radius 2 is 1.56 bits per heavy atom. The van der Waals surface area contributed by atoms with E-state index in [2.05, 4.69) is 15.8 Å². The van der Waals surface area contributed by atoms with E-state index in [1.54, 1.807) is 48.5 Å². The maximum absolute atomic E-state index is 13.0. The van der Waals surface area contributed by atoms with Crippen LogP contribution < -0.4 is 24.5 Å². The molecule has 0 bridgehead atoms. The fourth-order valence-electron chi connectivity index (χ4n) is 3.46. The molecule has 0 heterocycles. The maximum Gasteiger partial charge on any atom is 0.263 e. The van der Waals surface area contributed by atoms with Crippen LogP contribution in [0.2, 0.25) is 0 Å². The summed E-state index contributed by atoms with van der Waals surface area (Å²) < 4.78 is 49.7. The summed E-state index contributed by atoms with van der Waals surface area (Å²) in [5.74, 6) is -0.420. The minimum absolute atomic E-state index is 0.246. The van der Waals surface area contributed by atoms with Crippen molar-refractivity contribution in [2.45, 2.75) is 19.9 Å². The molecule has 0 aliphatic heterocycles. The summed E-state index contributed by atoms with van der Waals surface area (Å²) in [5.41, 5.74) is 3.75. The van der Waals surface area contributed by atoms with Crippen molar-refractivity contribution in [2.24, 2.45) is 5.10 Å². The van der Waals surface area contributed by atoms with Crippen molar-refractivity contribution in [3.8, 4) is 11.5 Å². The van der Waals surface area contributed by atoms with Gasteiger partial charge in [-0.15, -0.1) is 0 Å². The lowest BCUT2D eigenvalue weighted by Crippen LogP contribution is -2.46. The van der Waals surface area contributed by atoms with Gasteiger partial charge >= 0.3 is 0 Å². The van der Waals surface area contributed by atoms with Crippen molar-refractivity contribution < 1.29 is 31.9 Å². The van der Waals surface area contributed by atoms with Crippen LogP contribution in [0.25, 0.3) is 0 Å². The summed E-state index contributed by atoms with van der Waals surface area (Å²) in [6.45, 7) is 3.52. The molecule has 0 aliphatic rings. The number of sulfonamides is 1. The molecule has 2 N–H and O–H groups in total. The van der Waals surface area contributed by atoms with Crippen molar-refractivity contribution in [1.29, 1.82) is 0 Å². The maximum atomic E-state index is 13.0. The van der Waals surface area contributed by atoms with E-state index >= 15 is 0 Å². The van der Waals surface area contributed by atoms with E-state index in [-0.39, 0.29) is 6.61 Å². The van der Waals surface area contributed by atoms with Crippen LogP contribution in [0.1, 0.15) is 19.4 Å². The number of rotatable bonds is 12. The highest BCUT2D eigenvalue weighted by atomic mass is 32.2. The van der Waals surface area contributed by atoms with E-state index in [0.717, 1.165) is 10.6 Å². The number of halogens is 1. The largest absolute Gasteiger partial charge is 0.494 e. The summed E-state index contributed by atoms with van der Waals surface area (Å²) >= 11 is 0. The highest BCUT2D eigenvalue weighted by Crippen LogP contribution is 2.24. The molecule has 0 saturated carbocycles. The van der Waals surface area contributed by atoms with Gasteiger partial charge in [0.05, 0.1) is 24.8 Å². The third-order valence-corrected chi connectivity index (χ3v) is 6.50. The van der Waals surface area contributed by atoms with Gasteiger partial charge in [0.1, 0.15) is 23.4 Å². The number of nitrogens with zero attached hydrogens (tertiary/aromatic N) is 2. The second-order valence-electron chi connectivity index (χ2n) is 8.31. The van der Waals surface area contributed by atoms with Crippen molar-refractivity contribution in [2.75, 3.05) is 29.1 Å². The number of anilines is 2. The number of hydrogen-bond donors (Lipinski definition) is 2. The second kappa shape index (κ2) is 13.4. The van der Waals surface area contributed by atoms with Crippen molar-refractivity contribution >= 4 is 39.4 Å². The fourth-order valence-corrected chi connectivity index (χ4v) is 4.63. The number of carbonyl (C=O) groups is 2. The second-order valence-corrected chi connectivity index (χ2v) is 10.2. The van der Waals surface area contributed by atoms with Gasteiger partial charge in [0.2, 0.25) is 10.0 Å². The van der Waals surface area contributed by atoms with Crippen LogP contribution >= 0.6 is 0 Å². The molecule has 3 aromatic carbocycles. The van der Waals surface area contributed by atoms with Gasteiger partial charge < -0.3 is 14.8 Å². The molecule has 0 fully saturated rings. The third-order valence-electron chi connectivity index (χ3n) is 5.26. The first-order chi connectivity index (χ1) is 18.6. The van der Waals surface area contributed by atoms with Gasteiger partial charge in [-0.3, -0.25) is 13.9 Å². The number of hydrazone groups is 1. The fraction of sp³-hybridized carbons (Fsp3) is 0.222. The summed E-state index contributed by atoms with van der Waals surface area (Å²) in [5, 5.41) is 6.51. The first-order valence-corrected chi connectivity index (χ1v) is 13.7. The van der Waals surface area contributed by atoms with E-state index in [0.29, 0.717) is 35.0 Å². The lowest BCUT2D eigenvalue weighted by molar-refractivity contribution is -0.121. The molecule has 3 rings (SSSR count). The Labute approximate surface area is 226 Å². The third kappa shape index (κ3) is 8.82. The number of hydrogen-bond acceptors (Lipinski definition) is 7. The van der Waals surface area contributed by atoms with Gasteiger partial charge in [0, 0.05) is 5.69 Å². The lowest BCUT2D eigenvalue weighted by Gasteiger charge is -2.27. The molecular formula is C27H29FN4O6S. The zero-order chi connectivity index (χ0) is 28.4. The van der Waals surface area contributed by atoms with Gasteiger partial charge in [-0.05, 0) is 92.2 Å². The molecule has 1 unspecified atom stereocenters. The van der Waals surface area contributed by atoms with Gasteiger partial charge in [0.15, 0.2) is 6.61 Å². The predicted molar refractivity (Wildman–Crippen MR) is 147 cm³/mol. The Bertz CT molecular complexity index is 1400.